The third-order valence-corrected chi connectivity index (χ3v) is 2.24. The van der Waals surface area contributed by atoms with Crippen LogP contribution in [0.1, 0.15) is 26.7 Å². The van der Waals surface area contributed by atoms with E-state index in [1.165, 1.54) is 7.11 Å². The molecule has 0 saturated carbocycles. The van der Waals surface area contributed by atoms with E-state index in [4.69, 9.17) is 0 Å². The van der Waals surface area contributed by atoms with E-state index in [-0.39, 0.29) is 5.97 Å². The Morgan fingerprint density at radius 3 is 2.58 bits per heavy atom. The molecule has 0 bridgehead atoms. The number of hydrogen-bond acceptors (Lipinski definition) is 3. The van der Waals surface area contributed by atoms with Crippen LogP contribution in [0, 0.1) is 0 Å². The minimum atomic E-state index is -0.134. The van der Waals surface area contributed by atoms with Gasteiger partial charge >= 0.3 is 5.97 Å². The molecule has 1 unspecified atom stereocenters. The van der Waals surface area contributed by atoms with Crippen molar-refractivity contribution in [3.8, 4) is 0 Å². The van der Waals surface area contributed by atoms with Crippen molar-refractivity contribution in [2.45, 2.75) is 32.7 Å². The van der Waals surface area contributed by atoms with Crippen molar-refractivity contribution >= 4 is 5.97 Å². The van der Waals surface area contributed by atoms with Crippen LogP contribution >= 0.6 is 0 Å². The maximum Gasteiger partial charge on any atom is 0.306 e. The first-order valence-corrected chi connectivity index (χ1v) is 4.38. The van der Waals surface area contributed by atoms with Crippen LogP contribution in [0.3, 0.4) is 0 Å². The first-order valence-electron chi connectivity index (χ1n) is 4.38. The highest BCUT2D eigenvalue weighted by Crippen LogP contribution is 2.00. The molecule has 0 spiro atoms. The van der Waals surface area contributed by atoms with Crippen LogP contribution in [0.5, 0.6) is 0 Å². The van der Waals surface area contributed by atoms with Crippen molar-refractivity contribution in [2.24, 2.45) is 0 Å². The Hall–Kier alpha value is -0.570. The molecule has 0 saturated heterocycles. The number of rotatable bonds is 5. The summed E-state index contributed by atoms with van der Waals surface area (Å²) in [6, 6.07) is 0.537. The molecule has 0 amide bonds. The molecule has 72 valence electrons. The number of carbonyl (C=O) groups excluding carboxylic acids is 1. The van der Waals surface area contributed by atoms with Crippen molar-refractivity contribution in [3.05, 3.63) is 0 Å². The largest absolute Gasteiger partial charge is 0.469 e. The minimum absolute atomic E-state index is 0.134. The summed E-state index contributed by atoms with van der Waals surface area (Å²) in [7, 11) is 3.45. The lowest BCUT2D eigenvalue weighted by Crippen LogP contribution is -2.30. The molecule has 0 aromatic heterocycles. The second-order valence-electron chi connectivity index (χ2n) is 3.06. The van der Waals surface area contributed by atoms with E-state index >= 15 is 0 Å². The summed E-state index contributed by atoms with van der Waals surface area (Å²) in [6.45, 7) is 5.07. The number of esters is 1. The molecule has 0 rings (SSSR count). The van der Waals surface area contributed by atoms with Gasteiger partial charge in [-0.1, -0.05) is 6.92 Å². The second kappa shape index (κ2) is 6.00. The van der Waals surface area contributed by atoms with Gasteiger partial charge in [-0.15, -0.1) is 0 Å². The molecule has 0 radical (unpaired) electrons. The highest BCUT2D eigenvalue weighted by Gasteiger charge is 2.08. The maximum absolute atomic E-state index is 10.8. The van der Waals surface area contributed by atoms with Gasteiger partial charge in [0.15, 0.2) is 0 Å². The Balaban J connectivity index is 3.56. The van der Waals surface area contributed by atoms with Crippen molar-refractivity contribution in [1.29, 1.82) is 0 Å². The number of ether oxygens (including phenoxy) is 1. The monoisotopic (exact) mass is 173 g/mol. The fourth-order valence-corrected chi connectivity index (χ4v) is 0.902. The molecule has 0 aromatic rings. The molecule has 12 heavy (non-hydrogen) atoms. The molecule has 3 nitrogen and oxygen atoms in total. The van der Waals surface area contributed by atoms with Gasteiger partial charge in [0.25, 0.3) is 0 Å². The van der Waals surface area contributed by atoms with Gasteiger partial charge in [-0.2, -0.15) is 0 Å². The summed E-state index contributed by atoms with van der Waals surface area (Å²) >= 11 is 0. The summed E-state index contributed by atoms with van der Waals surface area (Å²) in [4.78, 5) is 12.9. The molecule has 0 heterocycles. The molecule has 1 atom stereocenters. The van der Waals surface area contributed by atoms with Crippen LogP contribution in [0.4, 0.5) is 0 Å². The Bertz CT molecular complexity index is 136. The highest BCUT2D eigenvalue weighted by atomic mass is 16.5. The van der Waals surface area contributed by atoms with E-state index in [1.54, 1.807) is 0 Å². The fourth-order valence-electron chi connectivity index (χ4n) is 0.902. The van der Waals surface area contributed by atoms with E-state index in [2.05, 4.69) is 23.5 Å². The van der Waals surface area contributed by atoms with E-state index in [0.717, 1.165) is 13.0 Å². The van der Waals surface area contributed by atoms with Crippen LogP contribution in [0.2, 0.25) is 0 Å². The molecule has 0 aliphatic carbocycles. The summed E-state index contributed by atoms with van der Waals surface area (Å²) in [6.07, 6.45) is 1.59. The quantitative estimate of drug-likeness (QED) is 0.586. The number of methoxy groups -OCH3 is 1. The predicted octanol–water partition coefficient (Wildman–Crippen LogP) is 1.28. The standard InChI is InChI=1S/C9H19NO2/c1-5-8(2)10(3)7-6-9(11)12-4/h8H,5-7H2,1-4H3. The Morgan fingerprint density at radius 2 is 2.17 bits per heavy atom. The summed E-state index contributed by atoms with van der Waals surface area (Å²) < 4.78 is 4.55. The SMILES string of the molecule is CCC(C)N(C)CCC(=O)OC. The first kappa shape index (κ1) is 11.4. The second-order valence-corrected chi connectivity index (χ2v) is 3.06. The minimum Gasteiger partial charge on any atom is -0.469 e. The highest BCUT2D eigenvalue weighted by molar-refractivity contribution is 5.69. The number of nitrogens with zero attached hydrogens (tertiary/aromatic N) is 1. The lowest BCUT2D eigenvalue weighted by molar-refractivity contribution is -0.141. The van der Waals surface area contributed by atoms with Crippen molar-refractivity contribution < 1.29 is 9.53 Å². The summed E-state index contributed by atoms with van der Waals surface area (Å²) in [5.74, 6) is -0.134. The topological polar surface area (TPSA) is 29.5 Å². The van der Waals surface area contributed by atoms with Gasteiger partial charge in [0.05, 0.1) is 13.5 Å². The smallest absolute Gasteiger partial charge is 0.306 e. The summed E-state index contributed by atoms with van der Waals surface area (Å²) in [5, 5.41) is 0. The maximum atomic E-state index is 10.8. The zero-order valence-electron chi connectivity index (χ0n) is 8.46. The van der Waals surface area contributed by atoms with Crippen LogP contribution < -0.4 is 0 Å². The summed E-state index contributed by atoms with van der Waals surface area (Å²) in [5.41, 5.74) is 0. The number of hydrogen-bond donors (Lipinski definition) is 0. The van der Waals surface area contributed by atoms with Crippen LogP contribution in [0.15, 0.2) is 0 Å². The van der Waals surface area contributed by atoms with Crippen LogP contribution in [-0.4, -0.2) is 37.6 Å². The molecule has 0 aliphatic heterocycles. The molecule has 0 aromatic carbocycles. The molecule has 0 N–H and O–H groups in total. The molecule has 3 heteroatoms. The van der Waals surface area contributed by atoms with Gasteiger partial charge in [0.1, 0.15) is 0 Å². The fraction of sp³-hybridized carbons (Fsp3) is 0.889. The number of carbonyl (C=O) groups is 1. The lowest BCUT2D eigenvalue weighted by Gasteiger charge is -2.22. The third-order valence-electron chi connectivity index (χ3n) is 2.24. The van der Waals surface area contributed by atoms with E-state index in [0.29, 0.717) is 12.5 Å². The van der Waals surface area contributed by atoms with Crippen molar-refractivity contribution in [2.75, 3.05) is 20.7 Å². The molecular formula is C9H19NO2. The van der Waals surface area contributed by atoms with Gasteiger partial charge in [-0.05, 0) is 20.4 Å². The Kier molecular flexibility index (Phi) is 5.72. The zero-order chi connectivity index (χ0) is 9.56. The molecule has 0 fully saturated rings. The predicted molar refractivity (Wildman–Crippen MR) is 49.0 cm³/mol. The molecule has 0 aliphatic rings. The van der Waals surface area contributed by atoms with Gasteiger partial charge in [0, 0.05) is 12.6 Å². The van der Waals surface area contributed by atoms with Gasteiger partial charge in [0.2, 0.25) is 0 Å². The first-order chi connectivity index (χ1) is 5.61. The van der Waals surface area contributed by atoms with E-state index in [1.807, 2.05) is 7.05 Å². The third kappa shape index (κ3) is 4.34. The van der Waals surface area contributed by atoms with E-state index < -0.39 is 0 Å². The van der Waals surface area contributed by atoms with Gasteiger partial charge in [-0.25, -0.2) is 0 Å². The molecular weight excluding hydrogens is 154 g/mol. The Labute approximate surface area is 74.7 Å². The lowest BCUT2D eigenvalue weighted by atomic mass is 10.2. The van der Waals surface area contributed by atoms with Crippen molar-refractivity contribution in [1.82, 2.24) is 4.90 Å². The normalized spacial score (nSPS) is 13.1. The Morgan fingerprint density at radius 1 is 1.58 bits per heavy atom. The average molecular weight is 173 g/mol. The van der Waals surface area contributed by atoms with Crippen LogP contribution in [-0.2, 0) is 9.53 Å². The van der Waals surface area contributed by atoms with Gasteiger partial charge < -0.3 is 9.64 Å². The van der Waals surface area contributed by atoms with Crippen molar-refractivity contribution in [3.63, 3.8) is 0 Å². The van der Waals surface area contributed by atoms with Crippen LogP contribution in [0.25, 0.3) is 0 Å². The van der Waals surface area contributed by atoms with Gasteiger partial charge in [-0.3, -0.25) is 4.79 Å². The average Bonchev–Trinajstić information content (AvgIpc) is 2.11. The zero-order valence-corrected chi connectivity index (χ0v) is 8.46. The van der Waals surface area contributed by atoms with E-state index in [9.17, 15) is 4.79 Å².